The summed E-state index contributed by atoms with van der Waals surface area (Å²) in [5.74, 6) is -5.63. The predicted molar refractivity (Wildman–Crippen MR) is 147 cm³/mol. The Kier molecular flexibility index (Phi) is 10.1. The number of allylic oxidation sites excluding steroid dienone is 4. The van der Waals surface area contributed by atoms with Gasteiger partial charge < -0.3 is 35.2 Å². The first-order chi connectivity index (χ1) is 21.4. The topological polar surface area (TPSA) is 250 Å². The van der Waals surface area contributed by atoms with Crippen molar-refractivity contribution >= 4 is 29.6 Å². The number of aliphatic hydroxyl groups is 3. The Balaban J connectivity index is 1.40. The van der Waals surface area contributed by atoms with Crippen molar-refractivity contribution in [2.45, 2.75) is 81.9 Å². The second-order valence-electron chi connectivity index (χ2n) is 12.7. The maximum atomic E-state index is 17.2. The second kappa shape index (κ2) is 13.1. The van der Waals surface area contributed by atoms with Crippen LogP contribution in [0.4, 0.5) is 9.18 Å². The van der Waals surface area contributed by atoms with Crippen molar-refractivity contribution in [1.29, 1.82) is 0 Å². The Hall–Kier alpha value is -3.32. The first-order valence-electron chi connectivity index (χ1n) is 14.8. The van der Waals surface area contributed by atoms with Gasteiger partial charge in [0.1, 0.15) is 6.61 Å². The number of amides is 1. The molecule has 1 amide bonds. The van der Waals surface area contributed by atoms with Crippen LogP contribution in [0, 0.1) is 22.7 Å². The normalized spacial score (nSPS) is 37.0. The molecule has 3 saturated carbocycles. The van der Waals surface area contributed by atoms with E-state index in [-0.39, 0.29) is 38.1 Å². The fraction of sp³-hybridized carbons (Fsp3) is 0.690. The van der Waals surface area contributed by atoms with Crippen molar-refractivity contribution < 1.29 is 73.5 Å². The van der Waals surface area contributed by atoms with Crippen LogP contribution in [0.2, 0.25) is 0 Å². The summed E-state index contributed by atoms with van der Waals surface area (Å²) in [5.41, 5.74) is -7.18. The molecule has 7 N–H and O–H groups in total. The largest absolute Gasteiger partial charge is 0.480 e. The van der Waals surface area contributed by atoms with Gasteiger partial charge in [0.05, 0.1) is 24.2 Å². The number of rotatable bonds is 12. The van der Waals surface area contributed by atoms with Gasteiger partial charge in [-0.3, -0.25) is 29.6 Å². The quantitative estimate of drug-likeness (QED) is 0.0837. The molecule has 0 aliphatic heterocycles. The van der Waals surface area contributed by atoms with Gasteiger partial charge in [-0.25, -0.2) is 14.0 Å². The average molecular weight is 659 g/mol. The molecule has 17 heteroatoms. The lowest BCUT2D eigenvalue weighted by molar-refractivity contribution is -0.492. The van der Waals surface area contributed by atoms with Crippen molar-refractivity contribution in [3.05, 3.63) is 23.8 Å². The summed E-state index contributed by atoms with van der Waals surface area (Å²) in [6, 6.07) is -1.79. The van der Waals surface area contributed by atoms with Crippen LogP contribution in [-0.2, 0) is 33.5 Å². The highest BCUT2D eigenvalue weighted by Crippen LogP contribution is 2.69. The monoisotopic (exact) mass is 658 g/mol. The Morgan fingerprint density at radius 2 is 1.83 bits per heavy atom. The molecule has 0 heterocycles. The number of carbonyl (C=O) groups is 5. The van der Waals surface area contributed by atoms with Crippen LogP contribution < -0.4 is 5.32 Å². The Labute approximate surface area is 262 Å². The molecule has 16 nitrogen and oxygen atoms in total. The van der Waals surface area contributed by atoms with Gasteiger partial charge in [-0.05, 0) is 57.1 Å². The molecular weight excluding hydrogens is 619 g/mol. The van der Waals surface area contributed by atoms with Gasteiger partial charge in [0.25, 0.3) is 0 Å². The fourth-order valence-corrected chi connectivity index (χ4v) is 7.94. The van der Waals surface area contributed by atoms with Crippen LogP contribution in [0.3, 0.4) is 0 Å². The standard InChI is InChI=1S/C29H39FN2O14/c1-26-8-7-16(33)10-15(26)5-6-17-18-11-20(34)29(41,27(18,2)12-21(35)28(17,26)30)22(36)14-45-25(40)31-19(24(38)39)13-44-23(37)4-3-9-46-32(42)43/h7-8,10,17-21,34-35,41-43H,3-6,9,11-14H2,1-2H3,(H,31,40)(H,38,39)/t17-,18-,19?,20+,21-,26-,27-,28-,29?/m0/s1. The summed E-state index contributed by atoms with van der Waals surface area (Å²) in [7, 11) is 0. The minimum atomic E-state index is -2.57. The number of hydrogen-bond acceptors (Lipinski definition) is 14. The third-order valence-electron chi connectivity index (χ3n) is 10.4. The predicted octanol–water partition coefficient (Wildman–Crippen LogP) is 0.143. The molecule has 0 aromatic carbocycles. The number of aliphatic carboxylic acids is 1. The van der Waals surface area contributed by atoms with E-state index in [1.54, 1.807) is 6.92 Å². The summed E-state index contributed by atoms with van der Waals surface area (Å²) < 4.78 is 26.9. The molecule has 0 radical (unpaired) electrons. The molecule has 0 bridgehead atoms. The lowest BCUT2D eigenvalue weighted by atomic mass is 9.44. The number of hydrogen-bond donors (Lipinski definition) is 7. The summed E-state index contributed by atoms with van der Waals surface area (Å²) >= 11 is 0. The number of carboxylic acids is 1. The molecule has 9 atom stereocenters. The first-order valence-corrected chi connectivity index (χ1v) is 14.8. The van der Waals surface area contributed by atoms with Crippen LogP contribution in [0.5, 0.6) is 0 Å². The lowest BCUT2D eigenvalue weighted by Gasteiger charge is -2.62. The Morgan fingerprint density at radius 1 is 1.13 bits per heavy atom. The smallest absolute Gasteiger partial charge is 0.408 e. The summed E-state index contributed by atoms with van der Waals surface area (Å²) in [4.78, 5) is 65.5. The van der Waals surface area contributed by atoms with Gasteiger partial charge in [-0.2, -0.15) is 0 Å². The molecule has 4 rings (SSSR count). The molecule has 0 saturated heterocycles. The maximum Gasteiger partial charge on any atom is 0.408 e. The molecular formula is C29H39FN2O14. The molecule has 0 aromatic rings. The summed E-state index contributed by atoms with van der Waals surface area (Å²) in [5, 5.41) is 61.8. The Morgan fingerprint density at radius 3 is 2.48 bits per heavy atom. The number of aliphatic hydroxyl groups excluding tert-OH is 2. The van der Waals surface area contributed by atoms with Gasteiger partial charge in [0, 0.05) is 23.2 Å². The van der Waals surface area contributed by atoms with Crippen molar-refractivity contribution in [1.82, 2.24) is 10.7 Å². The van der Waals surface area contributed by atoms with E-state index in [9.17, 15) is 44.4 Å². The van der Waals surface area contributed by atoms with Gasteiger partial charge in [0.2, 0.25) is 5.78 Å². The van der Waals surface area contributed by atoms with E-state index in [1.165, 1.54) is 25.2 Å². The molecule has 2 unspecified atom stereocenters. The van der Waals surface area contributed by atoms with E-state index in [4.69, 9.17) is 19.9 Å². The molecule has 0 aromatic heterocycles. The molecule has 3 fully saturated rings. The number of nitrogens with one attached hydrogen (secondary N) is 1. The van der Waals surface area contributed by atoms with Crippen molar-refractivity contribution in [2.75, 3.05) is 19.8 Å². The number of carboxylic acid groups (broad SMARTS) is 1. The maximum absolute atomic E-state index is 17.2. The van der Waals surface area contributed by atoms with Crippen molar-refractivity contribution in [3.8, 4) is 0 Å². The van der Waals surface area contributed by atoms with Crippen LogP contribution in [0.25, 0.3) is 0 Å². The number of carbonyl (C=O) groups excluding carboxylic acids is 4. The fourth-order valence-electron chi connectivity index (χ4n) is 7.94. The number of nitrogens with zero attached hydrogens (tertiary/aromatic N) is 1. The van der Waals surface area contributed by atoms with E-state index in [1.807, 2.05) is 5.32 Å². The molecule has 256 valence electrons. The van der Waals surface area contributed by atoms with Crippen LogP contribution in [0.15, 0.2) is 23.8 Å². The number of ether oxygens (including phenoxy) is 2. The number of fused-ring (bicyclic) bond motifs is 5. The molecule has 46 heavy (non-hydrogen) atoms. The number of alkyl halides is 1. The van der Waals surface area contributed by atoms with Gasteiger partial charge in [0.15, 0.2) is 29.7 Å². The summed E-state index contributed by atoms with van der Waals surface area (Å²) in [6.07, 6.45) is -1.18. The first kappa shape index (κ1) is 35.5. The lowest BCUT2D eigenvalue weighted by Crippen LogP contribution is -2.69. The van der Waals surface area contributed by atoms with Gasteiger partial charge in [-0.15, -0.1) is 0 Å². The summed E-state index contributed by atoms with van der Waals surface area (Å²) in [6.45, 7) is 0.856. The zero-order valence-corrected chi connectivity index (χ0v) is 25.3. The van der Waals surface area contributed by atoms with Crippen LogP contribution in [0.1, 0.15) is 52.4 Å². The van der Waals surface area contributed by atoms with E-state index in [2.05, 4.69) is 4.84 Å². The molecule has 4 aliphatic rings. The third kappa shape index (κ3) is 5.96. The van der Waals surface area contributed by atoms with Crippen molar-refractivity contribution in [2.24, 2.45) is 22.7 Å². The zero-order chi connectivity index (χ0) is 34.2. The van der Waals surface area contributed by atoms with E-state index in [0.717, 1.165) is 0 Å². The number of ketones is 2. The Bertz CT molecular complexity index is 1320. The zero-order valence-electron chi connectivity index (χ0n) is 25.3. The third-order valence-corrected chi connectivity index (χ3v) is 10.4. The van der Waals surface area contributed by atoms with Gasteiger partial charge in [-0.1, -0.05) is 18.6 Å². The highest BCUT2D eigenvalue weighted by molar-refractivity contribution is 6.01. The molecule has 4 aliphatic carbocycles. The highest BCUT2D eigenvalue weighted by atomic mass is 19.1. The number of Topliss-reactive ketones (excluding diaryl/α,β-unsaturated/α-hetero) is 1. The second-order valence-corrected chi connectivity index (χ2v) is 12.7. The minimum absolute atomic E-state index is 0.0140. The van der Waals surface area contributed by atoms with E-state index in [0.29, 0.717) is 12.0 Å². The number of halogens is 1. The van der Waals surface area contributed by atoms with Crippen LogP contribution >= 0.6 is 0 Å². The SMILES string of the molecule is C[C@]12C[C@H](O)[C@@]3(F)[C@@H](CCC4=CC(=O)C=C[C@@]43C)[C@@H]1C[C@@H](O)C2(O)C(=O)COC(=O)NC(COC(=O)CCCON(O)O)C(=O)O. The minimum Gasteiger partial charge on any atom is -0.480 e. The van der Waals surface area contributed by atoms with E-state index < -0.39 is 101 Å². The number of esters is 1. The van der Waals surface area contributed by atoms with Crippen LogP contribution in [-0.4, -0.2) is 115 Å². The van der Waals surface area contributed by atoms with E-state index >= 15 is 4.39 Å². The van der Waals surface area contributed by atoms with Gasteiger partial charge >= 0.3 is 18.0 Å². The highest BCUT2D eigenvalue weighted by Gasteiger charge is 2.76. The average Bonchev–Trinajstić information content (AvgIpc) is 3.18. The van der Waals surface area contributed by atoms with Crippen molar-refractivity contribution in [3.63, 3.8) is 0 Å². The number of alkyl carbamates (subject to hydrolysis) is 1. The molecule has 0 spiro atoms.